The molecule has 0 bridgehead atoms. The number of hydrogen-bond donors (Lipinski definition) is 0. The molecule has 4 rings (SSSR count). The summed E-state index contributed by atoms with van der Waals surface area (Å²) in [4.78, 5) is 44.4. The number of hydrogen-bond acceptors (Lipinski definition) is 6. The lowest BCUT2D eigenvalue weighted by molar-refractivity contribution is -0.119. The van der Waals surface area contributed by atoms with Crippen LogP contribution in [-0.4, -0.2) is 44.8 Å². The van der Waals surface area contributed by atoms with Crippen molar-refractivity contribution in [3.63, 3.8) is 0 Å². The van der Waals surface area contributed by atoms with Gasteiger partial charge in [-0.2, -0.15) is 0 Å². The highest BCUT2D eigenvalue weighted by molar-refractivity contribution is 7.13. The van der Waals surface area contributed by atoms with Gasteiger partial charge in [-0.15, -0.1) is 11.3 Å². The van der Waals surface area contributed by atoms with Gasteiger partial charge in [0.2, 0.25) is 5.91 Å². The summed E-state index contributed by atoms with van der Waals surface area (Å²) in [7, 11) is 0. The van der Waals surface area contributed by atoms with Crippen LogP contribution in [0.1, 0.15) is 76.6 Å². The predicted octanol–water partition coefficient (Wildman–Crippen LogP) is 3.77. The molecule has 0 saturated carbocycles. The fourth-order valence-corrected chi connectivity index (χ4v) is 5.32. The molecular weight excluding hydrogens is 398 g/mol. The van der Waals surface area contributed by atoms with E-state index in [1.165, 1.54) is 11.3 Å². The average Bonchev–Trinajstić information content (AvgIpc) is 3.29. The number of thiazole rings is 1. The van der Waals surface area contributed by atoms with Gasteiger partial charge in [0.15, 0.2) is 5.82 Å². The first-order valence-electron chi connectivity index (χ1n) is 10.7. The zero-order chi connectivity index (χ0) is 21.6. The van der Waals surface area contributed by atoms with Crippen molar-refractivity contribution in [2.45, 2.75) is 66.3 Å². The van der Waals surface area contributed by atoms with Crippen LogP contribution in [-0.2, 0) is 11.2 Å². The fraction of sp³-hybridized carbons (Fsp3) is 0.591. The minimum atomic E-state index is -0.166. The van der Waals surface area contributed by atoms with Crippen molar-refractivity contribution in [3.8, 4) is 0 Å². The first kappa shape index (κ1) is 20.9. The van der Waals surface area contributed by atoms with Crippen LogP contribution in [0.5, 0.6) is 0 Å². The molecule has 2 aromatic heterocycles. The number of carbonyl (C=O) groups is 2. The molecule has 7 nitrogen and oxygen atoms in total. The van der Waals surface area contributed by atoms with Gasteiger partial charge in [0.25, 0.3) is 5.91 Å². The second-order valence-electron chi connectivity index (χ2n) is 8.67. The van der Waals surface area contributed by atoms with Crippen LogP contribution in [0.3, 0.4) is 0 Å². The molecule has 0 aliphatic carbocycles. The number of rotatable bonds is 4. The number of nitrogens with zero attached hydrogens (tertiary/aromatic N) is 5. The minimum absolute atomic E-state index is 0.00897. The Hall–Kier alpha value is -2.35. The van der Waals surface area contributed by atoms with Gasteiger partial charge >= 0.3 is 0 Å². The van der Waals surface area contributed by atoms with E-state index in [1.54, 1.807) is 0 Å². The smallest absolute Gasteiger partial charge is 0.266 e. The number of likely N-dealkylation sites (tertiary alicyclic amines) is 1. The number of fused-ring (bicyclic) bond motifs is 1. The maximum atomic E-state index is 13.3. The molecular formula is C22H29N5O2S. The third-order valence-corrected chi connectivity index (χ3v) is 6.87. The summed E-state index contributed by atoms with van der Waals surface area (Å²) in [5.41, 5.74) is 2.76. The van der Waals surface area contributed by atoms with E-state index >= 15 is 0 Å². The third-order valence-electron chi connectivity index (χ3n) is 5.81. The monoisotopic (exact) mass is 427 g/mol. The highest BCUT2D eigenvalue weighted by Crippen LogP contribution is 2.36. The van der Waals surface area contributed by atoms with E-state index in [0.29, 0.717) is 42.6 Å². The first-order valence-corrected chi connectivity index (χ1v) is 11.5. The molecule has 1 fully saturated rings. The zero-order valence-corrected chi connectivity index (χ0v) is 19.2. The van der Waals surface area contributed by atoms with Crippen molar-refractivity contribution >= 4 is 29.0 Å². The number of aryl methyl sites for hydroxylation is 3. The highest BCUT2D eigenvalue weighted by Gasteiger charge is 2.36. The van der Waals surface area contributed by atoms with Crippen LogP contribution >= 0.6 is 11.3 Å². The van der Waals surface area contributed by atoms with Gasteiger partial charge in [-0.1, -0.05) is 13.8 Å². The van der Waals surface area contributed by atoms with Gasteiger partial charge in [0.05, 0.1) is 16.7 Å². The zero-order valence-electron chi connectivity index (χ0n) is 18.4. The topological polar surface area (TPSA) is 79.3 Å². The third kappa shape index (κ3) is 3.73. The molecule has 2 aliphatic rings. The van der Waals surface area contributed by atoms with E-state index in [9.17, 15) is 9.59 Å². The summed E-state index contributed by atoms with van der Waals surface area (Å²) in [5.74, 6) is 1.87. The largest absolute Gasteiger partial charge is 0.328 e. The van der Waals surface area contributed by atoms with Gasteiger partial charge in [-0.25, -0.2) is 15.0 Å². The van der Waals surface area contributed by atoms with Gasteiger partial charge in [0.1, 0.15) is 10.7 Å². The molecule has 8 heteroatoms. The molecule has 0 unspecified atom stereocenters. The lowest BCUT2D eigenvalue weighted by Gasteiger charge is -2.32. The molecule has 30 heavy (non-hydrogen) atoms. The quantitative estimate of drug-likeness (QED) is 0.742. The Morgan fingerprint density at radius 2 is 1.90 bits per heavy atom. The fourth-order valence-electron chi connectivity index (χ4n) is 4.44. The summed E-state index contributed by atoms with van der Waals surface area (Å²) in [6, 6.07) is -0.166. The van der Waals surface area contributed by atoms with Gasteiger partial charge in [-0.3, -0.25) is 14.5 Å². The maximum Gasteiger partial charge on any atom is 0.266 e. The maximum absolute atomic E-state index is 13.3. The molecule has 160 valence electrons. The van der Waals surface area contributed by atoms with E-state index in [2.05, 4.69) is 18.8 Å². The normalized spacial score (nSPS) is 19.0. The van der Waals surface area contributed by atoms with Crippen LogP contribution in [0.15, 0.2) is 0 Å². The number of anilines is 1. The highest BCUT2D eigenvalue weighted by atomic mass is 32.1. The van der Waals surface area contributed by atoms with Crippen LogP contribution in [0.2, 0.25) is 0 Å². The van der Waals surface area contributed by atoms with Crippen LogP contribution < -0.4 is 4.90 Å². The molecule has 0 spiro atoms. The average molecular weight is 428 g/mol. The Morgan fingerprint density at radius 3 is 2.57 bits per heavy atom. The molecule has 0 aromatic carbocycles. The second kappa shape index (κ2) is 8.06. The lowest BCUT2D eigenvalue weighted by Crippen LogP contribution is -2.40. The molecule has 4 heterocycles. The molecule has 2 aromatic rings. The summed E-state index contributed by atoms with van der Waals surface area (Å²) >= 11 is 1.44. The van der Waals surface area contributed by atoms with Crippen LogP contribution in [0.25, 0.3) is 0 Å². The van der Waals surface area contributed by atoms with E-state index in [1.807, 2.05) is 30.6 Å². The number of carbonyl (C=O) groups excluding carboxylic acids is 2. The van der Waals surface area contributed by atoms with Gasteiger partial charge in [0, 0.05) is 30.8 Å². The van der Waals surface area contributed by atoms with Crippen molar-refractivity contribution in [1.29, 1.82) is 0 Å². The van der Waals surface area contributed by atoms with E-state index < -0.39 is 0 Å². The first-order chi connectivity index (χ1) is 14.3. The van der Waals surface area contributed by atoms with Crippen molar-refractivity contribution in [3.05, 3.63) is 32.7 Å². The molecule has 1 saturated heterocycles. The number of amides is 2. The van der Waals surface area contributed by atoms with E-state index in [-0.39, 0.29) is 17.9 Å². The van der Waals surface area contributed by atoms with E-state index in [4.69, 9.17) is 9.97 Å². The lowest BCUT2D eigenvalue weighted by atomic mass is 10.0. The SMILES string of the molecule is Cc1nc(C)c(C(=O)N2CCC[C@H]2c2nc(C)c3c(n2)N(CC(C)C)C(=O)CC3)s1. The standard InChI is InChI=1S/C22H29N5O2S/c1-12(2)11-27-18(28)9-8-16-13(3)24-20(25-21(16)27)17-7-6-10-26(17)22(29)19-14(4)23-15(5)30-19/h12,17H,6-11H2,1-5H3/t17-/m0/s1. The summed E-state index contributed by atoms with van der Waals surface area (Å²) in [6.45, 7) is 11.3. The minimum Gasteiger partial charge on any atom is -0.328 e. The summed E-state index contributed by atoms with van der Waals surface area (Å²) < 4.78 is 0. The molecule has 0 radical (unpaired) electrons. The summed E-state index contributed by atoms with van der Waals surface area (Å²) in [6.07, 6.45) is 2.93. The second-order valence-corrected chi connectivity index (χ2v) is 9.87. The van der Waals surface area contributed by atoms with Crippen molar-refractivity contribution in [2.75, 3.05) is 18.0 Å². The van der Waals surface area contributed by atoms with Crippen molar-refractivity contribution < 1.29 is 9.59 Å². The van der Waals surface area contributed by atoms with E-state index in [0.717, 1.165) is 40.6 Å². The Kier molecular flexibility index (Phi) is 5.61. The Balaban J connectivity index is 1.70. The van der Waals surface area contributed by atoms with Gasteiger partial charge in [-0.05, 0) is 46.0 Å². The molecule has 0 N–H and O–H groups in total. The molecule has 1 atom stereocenters. The molecule has 2 amide bonds. The summed E-state index contributed by atoms with van der Waals surface area (Å²) in [5, 5.41) is 0.898. The van der Waals surface area contributed by atoms with Crippen LogP contribution in [0, 0.1) is 26.7 Å². The Bertz CT molecular complexity index is 1000. The predicted molar refractivity (Wildman–Crippen MR) is 117 cm³/mol. The number of aromatic nitrogens is 3. The van der Waals surface area contributed by atoms with Crippen LogP contribution in [0.4, 0.5) is 5.82 Å². The molecule has 2 aliphatic heterocycles. The van der Waals surface area contributed by atoms with Gasteiger partial charge < -0.3 is 4.90 Å². The Morgan fingerprint density at radius 1 is 1.13 bits per heavy atom. The van der Waals surface area contributed by atoms with Crippen molar-refractivity contribution in [2.24, 2.45) is 5.92 Å². The Labute approximate surface area is 181 Å². The van der Waals surface area contributed by atoms with Crippen molar-refractivity contribution in [1.82, 2.24) is 19.9 Å².